The molecule has 2 N–H and O–H groups in total. The lowest BCUT2D eigenvalue weighted by Gasteiger charge is -2.21. The lowest BCUT2D eigenvalue weighted by Crippen LogP contribution is -2.31. The molecule has 0 unspecified atom stereocenters. The van der Waals surface area contributed by atoms with E-state index in [2.05, 4.69) is 17.2 Å². The van der Waals surface area contributed by atoms with Crippen molar-refractivity contribution in [2.75, 3.05) is 7.11 Å². The molecule has 1 amide bonds. The quantitative estimate of drug-likeness (QED) is 0.906. The van der Waals surface area contributed by atoms with E-state index >= 15 is 0 Å². The van der Waals surface area contributed by atoms with Crippen LogP contribution in [0.15, 0.2) is 35.1 Å². The van der Waals surface area contributed by atoms with Gasteiger partial charge in [-0.1, -0.05) is 19.1 Å². The number of nitrogens with one attached hydrogen (secondary N) is 2. The van der Waals surface area contributed by atoms with Gasteiger partial charge in [-0.05, 0) is 54.5 Å². The largest absolute Gasteiger partial charge is 0.497 e. The van der Waals surface area contributed by atoms with Crippen LogP contribution in [-0.4, -0.2) is 18.0 Å². The molecular weight excluding hydrogens is 304 g/mol. The summed E-state index contributed by atoms with van der Waals surface area (Å²) in [6.45, 7) is 2.56. The molecule has 1 aromatic heterocycles. The molecule has 1 heterocycles. The van der Waals surface area contributed by atoms with Crippen LogP contribution in [0.3, 0.4) is 0 Å². The molecule has 0 radical (unpaired) electrons. The summed E-state index contributed by atoms with van der Waals surface area (Å²) >= 11 is 0. The summed E-state index contributed by atoms with van der Waals surface area (Å²) in [4.78, 5) is 27.4. The lowest BCUT2D eigenvalue weighted by molar-refractivity contribution is 0.0949. The Morgan fingerprint density at radius 3 is 2.79 bits per heavy atom. The molecule has 0 aliphatic heterocycles. The molecule has 1 aromatic carbocycles. The van der Waals surface area contributed by atoms with E-state index < -0.39 is 0 Å². The SMILES string of the molecule is COc1ccc(CNC(=O)c2cc3c([nH]c2=O)CC[C@H](C)C3)cc1. The van der Waals surface area contributed by atoms with E-state index in [1.54, 1.807) is 13.2 Å². The first-order valence-corrected chi connectivity index (χ1v) is 8.23. The van der Waals surface area contributed by atoms with Crippen LogP contribution in [-0.2, 0) is 19.4 Å². The highest BCUT2D eigenvalue weighted by molar-refractivity contribution is 5.94. The number of H-pyrrole nitrogens is 1. The van der Waals surface area contributed by atoms with Crippen LogP contribution in [0.5, 0.6) is 5.75 Å². The third-order valence-corrected chi connectivity index (χ3v) is 4.53. The number of amides is 1. The number of hydrogen-bond acceptors (Lipinski definition) is 3. The van der Waals surface area contributed by atoms with E-state index in [4.69, 9.17) is 4.74 Å². The van der Waals surface area contributed by atoms with Gasteiger partial charge < -0.3 is 15.0 Å². The first-order valence-electron chi connectivity index (χ1n) is 8.23. The molecule has 0 fully saturated rings. The van der Waals surface area contributed by atoms with Crippen molar-refractivity contribution >= 4 is 5.91 Å². The predicted molar refractivity (Wildman–Crippen MR) is 92.4 cm³/mol. The van der Waals surface area contributed by atoms with E-state index in [0.29, 0.717) is 12.5 Å². The lowest BCUT2D eigenvalue weighted by atomic mass is 9.87. The maximum absolute atomic E-state index is 12.4. The Hall–Kier alpha value is -2.56. The summed E-state index contributed by atoms with van der Waals surface area (Å²) < 4.78 is 5.11. The van der Waals surface area contributed by atoms with Gasteiger partial charge in [-0.25, -0.2) is 0 Å². The number of rotatable bonds is 4. The van der Waals surface area contributed by atoms with Crippen molar-refractivity contribution < 1.29 is 9.53 Å². The van der Waals surface area contributed by atoms with Gasteiger partial charge in [0.2, 0.25) is 0 Å². The molecule has 0 bridgehead atoms. The number of carbonyl (C=O) groups is 1. The average Bonchev–Trinajstić information content (AvgIpc) is 2.60. The standard InChI is InChI=1S/C19H22N2O3/c1-12-3-8-17-14(9-12)10-16(19(23)21-17)18(22)20-11-13-4-6-15(24-2)7-5-13/h4-7,10,12H,3,8-9,11H2,1-2H3,(H,20,22)(H,21,23)/t12-/m0/s1. The fourth-order valence-electron chi connectivity index (χ4n) is 3.07. The number of aryl methyl sites for hydroxylation is 1. The summed E-state index contributed by atoms with van der Waals surface area (Å²) in [6.07, 6.45) is 2.86. The van der Waals surface area contributed by atoms with Crippen molar-refractivity contribution in [3.8, 4) is 5.75 Å². The smallest absolute Gasteiger partial charge is 0.261 e. The molecule has 0 spiro atoms. The molecule has 2 aromatic rings. The zero-order valence-corrected chi connectivity index (χ0v) is 14.0. The normalized spacial score (nSPS) is 16.3. The number of pyridine rings is 1. The average molecular weight is 326 g/mol. The molecule has 24 heavy (non-hydrogen) atoms. The fraction of sp³-hybridized carbons (Fsp3) is 0.368. The monoisotopic (exact) mass is 326 g/mol. The van der Waals surface area contributed by atoms with Gasteiger partial charge in [-0.2, -0.15) is 0 Å². The zero-order valence-electron chi connectivity index (χ0n) is 14.0. The third-order valence-electron chi connectivity index (χ3n) is 4.53. The molecule has 5 heteroatoms. The van der Waals surface area contributed by atoms with Crippen LogP contribution >= 0.6 is 0 Å². The molecular formula is C19H22N2O3. The second-order valence-corrected chi connectivity index (χ2v) is 6.39. The van der Waals surface area contributed by atoms with Gasteiger partial charge in [0.25, 0.3) is 11.5 Å². The second-order valence-electron chi connectivity index (χ2n) is 6.39. The summed E-state index contributed by atoms with van der Waals surface area (Å²) in [6, 6.07) is 9.21. The van der Waals surface area contributed by atoms with Crippen molar-refractivity contribution in [2.24, 2.45) is 5.92 Å². The maximum Gasteiger partial charge on any atom is 0.261 e. The number of aromatic amines is 1. The van der Waals surface area contributed by atoms with E-state index in [9.17, 15) is 9.59 Å². The Bertz CT molecular complexity index is 793. The summed E-state index contributed by atoms with van der Waals surface area (Å²) in [7, 11) is 1.61. The van der Waals surface area contributed by atoms with Crippen molar-refractivity contribution in [2.45, 2.75) is 32.7 Å². The maximum atomic E-state index is 12.4. The summed E-state index contributed by atoms with van der Waals surface area (Å²) in [5, 5.41) is 2.81. The number of fused-ring (bicyclic) bond motifs is 1. The Kier molecular flexibility index (Phi) is 4.69. The minimum absolute atomic E-state index is 0.191. The second kappa shape index (κ2) is 6.91. The van der Waals surface area contributed by atoms with Gasteiger partial charge in [0.15, 0.2) is 0 Å². The minimum Gasteiger partial charge on any atom is -0.497 e. The van der Waals surface area contributed by atoms with Crippen LogP contribution in [0.4, 0.5) is 0 Å². The van der Waals surface area contributed by atoms with Gasteiger partial charge in [0.05, 0.1) is 7.11 Å². The molecule has 126 valence electrons. The fourth-order valence-corrected chi connectivity index (χ4v) is 3.07. The minimum atomic E-state index is -0.340. The highest BCUT2D eigenvalue weighted by Crippen LogP contribution is 2.23. The van der Waals surface area contributed by atoms with Crippen molar-refractivity contribution in [1.29, 1.82) is 0 Å². The first-order chi connectivity index (χ1) is 11.6. The molecule has 1 atom stereocenters. The number of ether oxygens (including phenoxy) is 1. The molecule has 1 aliphatic rings. The van der Waals surface area contributed by atoms with Crippen molar-refractivity contribution in [1.82, 2.24) is 10.3 Å². The Morgan fingerprint density at radius 2 is 2.08 bits per heavy atom. The number of benzene rings is 1. The van der Waals surface area contributed by atoms with Crippen LogP contribution in [0, 0.1) is 5.92 Å². The Morgan fingerprint density at radius 1 is 1.33 bits per heavy atom. The molecule has 0 saturated heterocycles. The summed E-state index contributed by atoms with van der Waals surface area (Å²) in [5.74, 6) is 1.01. The highest BCUT2D eigenvalue weighted by atomic mass is 16.5. The van der Waals surface area contributed by atoms with Gasteiger partial charge >= 0.3 is 0 Å². The number of hydrogen-bond donors (Lipinski definition) is 2. The summed E-state index contributed by atoms with van der Waals surface area (Å²) in [5.41, 5.74) is 2.90. The van der Waals surface area contributed by atoms with Gasteiger partial charge in [-0.3, -0.25) is 9.59 Å². The molecule has 5 nitrogen and oxygen atoms in total. The molecule has 0 saturated carbocycles. The van der Waals surface area contributed by atoms with E-state index in [1.165, 1.54) is 0 Å². The van der Waals surface area contributed by atoms with Gasteiger partial charge in [0, 0.05) is 12.2 Å². The first kappa shape index (κ1) is 16.3. The highest BCUT2D eigenvalue weighted by Gasteiger charge is 2.20. The molecule has 1 aliphatic carbocycles. The van der Waals surface area contributed by atoms with E-state index in [0.717, 1.165) is 41.8 Å². The van der Waals surface area contributed by atoms with E-state index in [1.807, 2.05) is 24.3 Å². The number of carbonyl (C=O) groups excluding carboxylic acids is 1. The Labute approximate surface area is 141 Å². The van der Waals surface area contributed by atoms with Gasteiger partial charge in [-0.15, -0.1) is 0 Å². The van der Waals surface area contributed by atoms with Crippen LogP contribution in [0.1, 0.15) is 40.5 Å². The van der Waals surface area contributed by atoms with Crippen molar-refractivity contribution in [3.05, 3.63) is 63.1 Å². The predicted octanol–water partition coefficient (Wildman–Crippen LogP) is 2.44. The topological polar surface area (TPSA) is 71.2 Å². The van der Waals surface area contributed by atoms with Crippen LogP contribution in [0.2, 0.25) is 0 Å². The van der Waals surface area contributed by atoms with Gasteiger partial charge in [0.1, 0.15) is 11.3 Å². The molecule has 3 rings (SSSR count). The van der Waals surface area contributed by atoms with Crippen LogP contribution in [0.25, 0.3) is 0 Å². The number of methoxy groups -OCH3 is 1. The van der Waals surface area contributed by atoms with E-state index in [-0.39, 0.29) is 17.0 Å². The zero-order chi connectivity index (χ0) is 17.1. The van der Waals surface area contributed by atoms with Crippen LogP contribution < -0.4 is 15.6 Å². The Balaban J connectivity index is 1.72. The third kappa shape index (κ3) is 3.50. The number of aromatic nitrogens is 1. The van der Waals surface area contributed by atoms with Crippen molar-refractivity contribution in [3.63, 3.8) is 0 Å².